The molecule has 10 aromatic rings. The average molecular weight is 732 g/mol. The van der Waals surface area contributed by atoms with Gasteiger partial charge in [-0.05, 0) is 87.5 Å². The van der Waals surface area contributed by atoms with Crippen LogP contribution >= 0.6 is 0 Å². The van der Waals surface area contributed by atoms with E-state index in [2.05, 4.69) is 137 Å². The summed E-state index contributed by atoms with van der Waals surface area (Å²) in [6.07, 6.45) is 0. The molecule has 1 heterocycles. The second-order valence-electron chi connectivity index (χ2n) is 14.5. The molecule has 0 fully saturated rings. The van der Waals surface area contributed by atoms with Crippen molar-refractivity contribution in [2.75, 3.05) is 4.90 Å². The van der Waals surface area contributed by atoms with Gasteiger partial charge in [0, 0.05) is 33.4 Å². The van der Waals surface area contributed by atoms with Crippen LogP contribution in [0, 0.1) is 0 Å². The van der Waals surface area contributed by atoms with Crippen LogP contribution in [0.15, 0.2) is 230 Å². The number of para-hydroxylation sites is 5. The molecular weight excluding hydrogens is 689 g/mol. The van der Waals surface area contributed by atoms with Gasteiger partial charge >= 0.3 is 0 Å². The van der Waals surface area contributed by atoms with Crippen molar-refractivity contribution in [1.82, 2.24) is 4.57 Å². The Hall–Kier alpha value is -7.42. The fourth-order valence-corrected chi connectivity index (χ4v) is 9.24. The van der Waals surface area contributed by atoms with Gasteiger partial charge in [0.1, 0.15) is 0 Å². The van der Waals surface area contributed by atoms with Crippen molar-refractivity contribution in [3.8, 4) is 27.9 Å². The lowest BCUT2D eigenvalue weighted by molar-refractivity contribution is 0.772. The van der Waals surface area contributed by atoms with Crippen LogP contribution in [0.5, 0.6) is 0 Å². The van der Waals surface area contributed by atoms with E-state index in [1.807, 2.05) is 72.8 Å². The first-order chi connectivity index (χ1) is 30.4. The predicted molar refractivity (Wildman–Crippen MR) is 238 cm³/mol. The van der Waals surface area contributed by atoms with Gasteiger partial charge in [0.05, 0.1) is 29.0 Å². The van der Waals surface area contributed by atoms with Gasteiger partial charge in [0.2, 0.25) is 0 Å². The van der Waals surface area contributed by atoms with Crippen LogP contribution in [0.25, 0.3) is 49.7 Å². The third kappa shape index (κ3) is 5.04. The molecule has 0 bridgehead atoms. The highest BCUT2D eigenvalue weighted by molar-refractivity contribution is 6.11. The van der Waals surface area contributed by atoms with Crippen LogP contribution in [0.3, 0.4) is 0 Å². The Kier molecular flexibility index (Phi) is 6.60. The van der Waals surface area contributed by atoms with Gasteiger partial charge < -0.3 is 9.47 Å². The number of rotatable bonds is 7. The Morgan fingerprint density at radius 1 is 0.439 bits per heavy atom. The fraction of sp³-hybridized carbons (Fsp3) is 0.0182. The number of fused-ring (bicyclic) bond motifs is 6. The minimum Gasteiger partial charge on any atom is -0.310 e. The average Bonchev–Trinajstić information content (AvgIpc) is 3.82. The summed E-state index contributed by atoms with van der Waals surface area (Å²) in [4.78, 5) is 2.28. The molecule has 2 heteroatoms. The van der Waals surface area contributed by atoms with Crippen LogP contribution in [0.1, 0.15) is 29.1 Å². The minimum absolute atomic E-state index is 0.217. The van der Waals surface area contributed by atoms with E-state index in [-0.39, 0.29) is 29.7 Å². The third-order valence-electron chi connectivity index (χ3n) is 11.5. The molecule has 1 aliphatic rings. The zero-order valence-corrected chi connectivity index (χ0v) is 30.9. The number of hydrogen-bond acceptors (Lipinski definition) is 1. The lowest BCUT2D eigenvalue weighted by Gasteiger charge is -2.35. The van der Waals surface area contributed by atoms with Crippen LogP contribution < -0.4 is 4.90 Å². The third-order valence-corrected chi connectivity index (χ3v) is 11.5. The maximum Gasteiger partial charge on any atom is 0.0734 e. The summed E-state index contributed by atoms with van der Waals surface area (Å²) in [6.45, 7) is 0. The predicted octanol–water partition coefficient (Wildman–Crippen LogP) is 14.3. The molecule has 1 atom stereocenters. The number of nitrogens with zero attached hydrogens (tertiary/aromatic N) is 2. The van der Waals surface area contributed by atoms with Gasteiger partial charge in [0.25, 0.3) is 0 Å². The molecule has 0 saturated heterocycles. The summed E-state index contributed by atoms with van der Waals surface area (Å²) in [5.41, 5.74) is 11.2. The van der Waals surface area contributed by atoms with Crippen molar-refractivity contribution < 1.29 is 6.85 Å². The van der Waals surface area contributed by atoms with E-state index in [4.69, 9.17) is 4.11 Å². The van der Waals surface area contributed by atoms with E-state index in [1.54, 1.807) is 0 Å². The number of aromatic nitrogens is 1. The smallest absolute Gasteiger partial charge is 0.0734 e. The second-order valence-corrected chi connectivity index (χ2v) is 14.5. The quantitative estimate of drug-likeness (QED) is 0.158. The number of hydrogen-bond donors (Lipinski definition) is 0. The summed E-state index contributed by atoms with van der Waals surface area (Å²) in [7, 11) is 0. The van der Waals surface area contributed by atoms with E-state index in [1.165, 1.54) is 0 Å². The molecule has 0 spiro atoms. The number of benzene rings is 9. The van der Waals surface area contributed by atoms with Gasteiger partial charge in [0.15, 0.2) is 0 Å². The maximum absolute atomic E-state index is 9.74. The topological polar surface area (TPSA) is 8.17 Å². The monoisotopic (exact) mass is 731 g/mol. The molecule has 1 aliphatic carbocycles. The van der Waals surface area contributed by atoms with E-state index in [9.17, 15) is 2.74 Å². The zero-order chi connectivity index (χ0) is 42.1. The number of anilines is 3. The first-order valence-electron chi connectivity index (χ1n) is 21.8. The van der Waals surface area contributed by atoms with E-state index < -0.39 is 11.5 Å². The summed E-state index contributed by atoms with van der Waals surface area (Å²) in [5.74, 6) is 0. The molecule has 2 nitrogen and oxygen atoms in total. The normalized spacial score (nSPS) is 15.6. The van der Waals surface area contributed by atoms with Gasteiger partial charge in [-0.25, -0.2) is 0 Å². The Labute approximate surface area is 340 Å². The molecule has 0 N–H and O–H groups in total. The fourth-order valence-electron chi connectivity index (χ4n) is 9.24. The lowest BCUT2D eigenvalue weighted by atomic mass is 9.67. The summed E-state index contributed by atoms with van der Waals surface area (Å²) in [5, 5.41) is 2.06. The Morgan fingerprint density at radius 3 is 1.86 bits per heavy atom. The second kappa shape index (κ2) is 13.4. The highest BCUT2D eigenvalue weighted by Gasteiger charge is 2.47. The van der Waals surface area contributed by atoms with Crippen molar-refractivity contribution in [3.05, 3.63) is 253 Å². The van der Waals surface area contributed by atoms with Crippen molar-refractivity contribution >= 4 is 38.9 Å². The van der Waals surface area contributed by atoms with Gasteiger partial charge in [-0.1, -0.05) is 182 Å². The summed E-state index contributed by atoms with van der Waals surface area (Å²) in [6, 6.07) is 67.1. The molecule has 268 valence electrons. The van der Waals surface area contributed by atoms with E-state index >= 15 is 0 Å². The molecule has 0 aliphatic heterocycles. The Morgan fingerprint density at radius 2 is 1.05 bits per heavy atom. The van der Waals surface area contributed by atoms with Gasteiger partial charge in [-0.3, -0.25) is 0 Å². The van der Waals surface area contributed by atoms with Gasteiger partial charge in [-0.2, -0.15) is 0 Å². The van der Waals surface area contributed by atoms with Crippen molar-refractivity contribution in [2.45, 2.75) is 5.41 Å². The first-order valence-corrected chi connectivity index (χ1v) is 19.3. The SMILES string of the molecule is [2H]c1c([2H])c([2H])c(C2(c3cccc4c5ccccc5n(-c5ccccc5)c34)c3ccccc3-c3cc(N(c4ccccc4)c4ccccc4-c4ccccc4)ccc32)c([2H])c1[2H]. The first kappa shape index (κ1) is 28.1. The highest BCUT2D eigenvalue weighted by atomic mass is 15.1. The van der Waals surface area contributed by atoms with Crippen molar-refractivity contribution in [2.24, 2.45) is 0 Å². The van der Waals surface area contributed by atoms with Crippen LogP contribution in [-0.4, -0.2) is 4.57 Å². The van der Waals surface area contributed by atoms with Gasteiger partial charge in [-0.15, -0.1) is 0 Å². The van der Waals surface area contributed by atoms with Crippen molar-refractivity contribution in [3.63, 3.8) is 0 Å². The maximum atomic E-state index is 9.74. The standard InChI is InChI=1S/C55H38N2/c1-5-20-39(21-6-1)44-28-14-17-34-52(44)56(41-24-9-3-10-25-41)43-36-37-50-48(38-43)45-29-13-16-32-49(45)55(50,40-22-7-2-8-23-40)51-33-19-31-47-46-30-15-18-35-53(46)57(54(47)51)42-26-11-4-12-27-42/h1-38H/i2D,7D,8D,22D,23D. The summed E-state index contributed by atoms with van der Waals surface area (Å²) < 4.78 is 48.7. The molecular formula is C55H38N2. The molecule has 11 rings (SSSR count). The summed E-state index contributed by atoms with van der Waals surface area (Å²) >= 11 is 0. The van der Waals surface area contributed by atoms with Crippen LogP contribution in [0.4, 0.5) is 17.1 Å². The van der Waals surface area contributed by atoms with Crippen LogP contribution in [-0.2, 0) is 5.41 Å². The molecule has 0 amide bonds. The van der Waals surface area contributed by atoms with Crippen LogP contribution in [0.2, 0.25) is 0 Å². The molecule has 0 saturated carbocycles. The molecule has 1 unspecified atom stereocenters. The molecule has 9 aromatic carbocycles. The highest BCUT2D eigenvalue weighted by Crippen LogP contribution is 2.59. The van der Waals surface area contributed by atoms with Crippen molar-refractivity contribution in [1.29, 1.82) is 0 Å². The molecule has 57 heavy (non-hydrogen) atoms. The van der Waals surface area contributed by atoms with E-state index in [0.29, 0.717) is 0 Å². The van der Waals surface area contributed by atoms with E-state index in [0.717, 1.165) is 83.5 Å². The molecule has 0 radical (unpaired) electrons. The zero-order valence-electron chi connectivity index (χ0n) is 35.9. The lowest BCUT2D eigenvalue weighted by Crippen LogP contribution is -2.29. The largest absolute Gasteiger partial charge is 0.310 e. The molecule has 1 aromatic heterocycles. The minimum atomic E-state index is -1.35. The Balaban J connectivity index is 1.28. The Bertz CT molecular complexity index is 3340.